The number of carboxylic acid groups (broad SMARTS) is 1. The van der Waals surface area contributed by atoms with Gasteiger partial charge in [-0.15, -0.1) is 11.8 Å². The SMILES string of the molecule is CSc1ccc(C(=O)C(C)Br)cc1C(O)C(=O)O. The number of aliphatic carboxylic acids is 1. The van der Waals surface area contributed by atoms with Crippen LogP contribution in [-0.2, 0) is 4.79 Å². The Kier molecular flexibility index (Phi) is 5.37. The molecule has 4 nitrogen and oxygen atoms in total. The second-order valence-electron chi connectivity index (χ2n) is 3.68. The van der Waals surface area contributed by atoms with Gasteiger partial charge in [0, 0.05) is 16.0 Å². The first-order valence-corrected chi connectivity index (χ1v) is 7.29. The average molecular weight is 333 g/mol. The van der Waals surface area contributed by atoms with E-state index < -0.39 is 12.1 Å². The molecule has 18 heavy (non-hydrogen) atoms. The van der Waals surface area contributed by atoms with Crippen LogP contribution in [-0.4, -0.2) is 33.0 Å². The number of carboxylic acids is 1. The molecule has 0 fully saturated rings. The molecule has 0 amide bonds. The Morgan fingerprint density at radius 3 is 2.44 bits per heavy atom. The molecular weight excluding hydrogens is 320 g/mol. The molecule has 0 aliphatic carbocycles. The standard InChI is InChI=1S/C12H13BrO4S/c1-6(13)10(14)7-3-4-9(18-2)8(5-7)11(15)12(16)17/h3-6,11,15H,1-2H3,(H,16,17). The highest BCUT2D eigenvalue weighted by Crippen LogP contribution is 2.28. The molecule has 6 heteroatoms. The number of carbonyl (C=O) groups is 2. The van der Waals surface area contributed by atoms with Gasteiger partial charge in [-0.2, -0.15) is 0 Å². The third-order valence-electron chi connectivity index (χ3n) is 2.40. The van der Waals surface area contributed by atoms with Crippen molar-refractivity contribution in [2.24, 2.45) is 0 Å². The van der Waals surface area contributed by atoms with Crippen LogP contribution in [0.15, 0.2) is 23.1 Å². The number of aliphatic hydroxyl groups is 1. The summed E-state index contributed by atoms with van der Waals surface area (Å²) in [5.74, 6) is -1.48. The lowest BCUT2D eigenvalue weighted by Crippen LogP contribution is -2.14. The molecule has 0 saturated carbocycles. The predicted molar refractivity (Wildman–Crippen MR) is 73.5 cm³/mol. The van der Waals surface area contributed by atoms with Gasteiger partial charge in [0.1, 0.15) is 0 Å². The minimum atomic E-state index is -1.62. The van der Waals surface area contributed by atoms with Crippen LogP contribution < -0.4 is 0 Å². The number of thioether (sulfide) groups is 1. The summed E-state index contributed by atoms with van der Waals surface area (Å²) in [5.41, 5.74) is 0.626. The lowest BCUT2D eigenvalue weighted by molar-refractivity contribution is -0.147. The second kappa shape index (κ2) is 6.36. The Bertz CT molecular complexity index is 473. The minimum absolute atomic E-state index is 0.151. The fourth-order valence-corrected chi connectivity index (χ4v) is 2.34. The van der Waals surface area contributed by atoms with Crippen LogP contribution in [0.1, 0.15) is 28.9 Å². The Balaban J connectivity index is 3.25. The minimum Gasteiger partial charge on any atom is -0.479 e. The molecule has 98 valence electrons. The Morgan fingerprint density at radius 2 is 2.00 bits per heavy atom. The molecule has 0 spiro atoms. The first-order chi connectivity index (χ1) is 8.38. The fourth-order valence-electron chi connectivity index (χ4n) is 1.46. The summed E-state index contributed by atoms with van der Waals surface area (Å²) in [6, 6.07) is 4.71. The Labute approximate surface area is 118 Å². The molecule has 1 aromatic rings. The van der Waals surface area contributed by atoms with Gasteiger partial charge in [-0.25, -0.2) is 4.79 Å². The number of hydrogen-bond acceptors (Lipinski definition) is 4. The van der Waals surface area contributed by atoms with Crippen LogP contribution in [0.25, 0.3) is 0 Å². The number of rotatable bonds is 5. The van der Waals surface area contributed by atoms with Gasteiger partial charge in [-0.3, -0.25) is 4.79 Å². The van der Waals surface area contributed by atoms with Gasteiger partial charge in [0.25, 0.3) is 0 Å². The molecule has 1 aromatic carbocycles. The number of alkyl halides is 1. The normalized spacial score (nSPS) is 14.0. The number of halogens is 1. The van der Waals surface area contributed by atoms with E-state index in [1.54, 1.807) is 25.3 Å². The summed E-state index contributed by atoms with van der Waals surface area (Å²) in [7, 11) is 0. The number of Topliss-reactive ketones (excluding diaryl/α,β-unsaturated/α-hetero) is 1. The van der Waals surface area contributed by atoms with E-state index in [1.165, 1.54) is 17.8 Å². The van der Waals surface area contributed by atoms with E-state index in [4.69, 9.17) is 5.11 Å². The maximum absolute atomic E-state index is 11.8. The van der Waals surface area contributed by atoms with Crippen LogP contribution >= 0.6 is 27.7 Å². The lowest BCUT2D eigenvalue weighted by Gasteiger charge is -2.13. The van der Waals surface area contributed by atoms with Crippen molar-refractivity contribution in [3.8, 4) is 0 Å². The molecule has 2 N–H and O–H groups in total. The molecule has 0 aliphatic heterocycles. The summed E-state index contributed by atoms with van der Waals surface area (Å²) in [4.78, 5) is 22.9. The van der Waals surface area contributed by atoms with Crippen LogP contribution in [0, 0.1) is 0 Å². The van der Waals surface area contributed by atoms with E-state index in [0.717, 1.165) is 0 Å². The van der Waals surface area contributed by atoms with E-state index in [9.17, 15) is 14.7 Å². The van der Waals surface area contributed by atoms with Crippen molar-refractivity contribution in [1.29, 1.82) is 0 Å². The van der Waals surface area contributed by atoms with E-state index >= 15 is 0 Å². The van der Waals surface area contributed by atoms with Crippen molar-refractivity contribution in [3.63, 3.8) is 0 Å². The van der Waals surface area contributed by atoms with E-state index in [-0.39, 0.29) is 16.2 Å². The zero-order valence-electron chi connectivity index (χ0n) is 9.88. The molecule has 0 aliphatic rings. The third kappa shape index (κ3) is 3.34. The highest BCUT2D eigenvalue weighted by molar-refractivity contribution is 9.10. The molecule has 0 radical (unpaired) electrons. The first-order valence-electron chi connectivity index (χ1n) is 5.15. The Morgan fingerprint density at radius 1 is 1.39 bits per heavy atom. The quantitative estimate of drug-likeness (QED) is 0.492. The smallest absolute Gasteiger partial charge is 0.337 e. The van der Waals surface area contributed by atoms with Gasteiger partial charge in [-0.05, 0) is 25.3 Å². The van der Waals surface area contributed by atoms with Crippen molar-refractivity contribution in [2.75, 3.05) is 6.26 Å². The van der Waals surface area contributed by atoms with Crippen molar-refractivity contribution in [1.82, 2.24) is 0 Å². The second-order valence-corrected chi connectivity index (χ2v) is 5.90. The van der Waals surface area contributed by atoms with Crippen LogP contribution in [0.5, 0.6) is 0 Å². The molecule has 0 saturated heterocycles. The molecule has 2 unspecified atom stereocenters. The monoisotopic (exact) mass is 332 g/mol. The Hall–Kier alpha value is -0.850. The molecule has 0 heterocycles. The van der Waals surface area contributed by atoms with Crippen LogP contribution in [0.3, 0.4) is 0 Å². The van der Waals surface area contributed by atoms with Gasteiger partial charge >= 0.3 is 5.97 Å². The highest BCUT2D eigenvalue weighted by Gasteiger charge is 2.22. The zero-order chi connectivity index (χ0) is 13.9. The van der Waals surface area contributed by atoms with Gasteiger partial charge in [-0.1, -0.05) is 22.0 Å². The largest absolute Gasteiger partial charge is 0.479 e. The lowest BCUT2D eigenvalue weighted by atomic mass is 10.0. The van der Waals surface area contributed by atoms with Crippen LogP contribution in [0.2, 0.25) is 0 Å². The van der Waals surface area contributed by atoms with Gasteiger partial charge < -0.3 is 10.2 Å². The van der Waals surface area contributed by atoms with Crippen molar-refractivity contribution in [3.05, 3.63) is 29.3 Å². The van der Waals surface area contributed by atoms with Crippen molar-refractivity contribution in [2.45, 2.75) is 22.8 Å². The predicted octanol–water partition coefficient (Wildman–Crippen LogP) is 2.49. The number of aliphatic hydroxyl groups excluding tert-OH is 1. The summed E-state index contributed by atoms with van der Waals surface area (Å²) in [6.45, 7) is 1.69. The number of ketones is 1. The number of hydrogen-bond donors (Lipinski definition) is 2. The fraction of sp³-hybridized carbons (Fsp3) is 0.333. The molecule has 1 rings (SSSR count). The van der Waals surface area contributed by atoms with Gasteiger partial charge in [0.05, 0.1) is 4.83 Å². The van der Waals surface area contributed by atoms with Crippen LogP contribution in [0.4, 0.5) is 0 Å². The van der Waals surface area contributed by atoms with Gasteiger partial charge in [0.2, 0.25) is 0 Å². The molecule has 2 atom stereocenters. The first kappa shape index (κ1) is 15.2. The molecule has 0 aromatic heterocycles. The summed E-state index contributed by atoms with van der Waals surface area (Å²) < 4.78 is 0. The number of carbonyl (C=O) groups excluding carboxylic acids is 1. The van der Waals surface area contributed by atoms with E-state index in [1.807, 2.05) is 0 Å². The van der Waals surface area contributed by atoms with E-state index in [2.05, 4.69) is 15.9 Å². The molecular formula is C12H13BrO4S. The van der Waals surface area contributed by atoms with Crippen molar-refractivity contribution >= 4 is 39.4 Å². The topological polar surface area (TPSA) is 74.6 Å². The van der Waals surface area contributed by atoms with Crippen molar-refractivity contribution < 1.29 is 19.8 Å². The highest BCUT2D eigenvalue weighted by atomic mass is 79.9. The zero-order valence-corrected chi connectivity index (χ0v) is 12.3. The maximum atomic E-state index is 11.8. The molecule has 0 bridgehead atoms. The van der Waals surface area contributed by atoms with Gasteiger partial charge in [0.15, 0.2) is 11.9 Å². The summed E-state index contributed by atoms with van der Waals surface area (Å²) >= 11 is 4.49. The maximum Gasteiger partial charge on any atom is 0.337 e. The van der Waals surface area contributed by atoms with E-state index in [0.29, 0.717) is 10.5 Å². The average Bonchev–Trinajstić information content (AvgIpc) is 2.35. The number of benzene rings is 1. The third-order valence-corrected chi connectivity index (χ3v) is 3.63. The summed E-state index contributed by atoms with van der Waals surface area (Å²) in [5, 5.41) is 18.5. The summed E-state index contributed by atoms with van der Waals surface area (Å²) in [6.07, 6.45) is 0.160.